The third kappa shape index (κ3) is 3.01. The predicted molar refractivity (Wildman–Crippen MR) is 81.5 cm³/mol. The molecule has 2 rings (SSSR count). The van der Waals surface area contributed by atoms with Crippen LogP contribution in [0.15, 0.2) is 0 Å². The Hall–Kier alpha value is -1.27. The van der Waals surface area contributed by atoms with Crippen molar-refractivity contribution in [3.05, 3.63) is 16.8 Å². The monoisotopic (exact) mass is 279 g/mol. The Balaban J connectivity index is 2.16. The predicted octanol–water partition coefficient (Wildman–Crippen LogP) is 1.23. The lowest BCUT2D eigenvalue weighted by molar-refractivity contribution is 0.322. The van der Waals surface area contributed by atoms with Crippen LogP contribution >= 0.6 is 12.2 Å². The van der Waals surface area contributed by atoms with E-state index in [4.69, 9.17) is 18.0 Å². The van der Waals surface area contributed by atoms with Gasteiger partial charge in [0.2, 0.25) is 0 Å². The molecular formula is C13H21N5S. The zero-order valence-corrected chi connectivity index (χ0v) is 12.5. The van der Waals surface area contributed by atoms with Crippen molar-refractivity contribution in [1.29, 1.82) is 0 Å². The van der Waals surface area contributed by atoms with Gasteiger partial charge in [-0.3, -0.25) is 0 Å². The van der Waals surface area contributed by atoms with Crippen molar-refractivity contribution in [2.24, 2.45) is 5.73 Å². The van der Waals surface area contributed by atoms with Crippen molar-refractivity contribution in [3.8, 4) is 0 Å². The van der Waals surface area contributed by atoms with E-state index in [1.807, 2.05) is 13.8 Å². The molecule has 0 spiro atoms. The molecule has 0 amide bonds. The molecule has 3 N–H and O–H groups in total. The van der Waals surface area contributed by atoms with Crippen molar-refractivity contribution < 1.29 is 0 Å². The maximum absolute atomic E-state index is 5.81. The lowest BCUT2D eigenvalue weighted by Crippen LogP contribution is -2.32. The second-order valence-corrected chi connectivity index (χ2v) is 5.60. The molecule has 0 aliphatic carbocycles. The first-order valence-corrected chi connectivity index (χ1v) is 6.99. The van der Waals surface area contributed by atoms with Gasteiger partial charge in [-0.2, -0.15) is 5.10 Å². The molecule has 1 aromatic rings. The Kier molecular flexibility index (Phi) is 4.31. The summed E-state index contributed by atoms with van der Waals surface area (Å²) in [6.45, 7) is 5.90. The number of thiocarbonyl (C=S) groups is 1. The van der Waals surface area contributed by atoms with Gasteiger partial charge in [0.15, 0.2) is 5.82 Å². The van der Waals surface area contributed by atoms with Gasteiger partial charge in [0, 0.05) is 12.6 Å². The van der Waals surface area contributed by atoms with Crippen molar-refractivity contribution in [1.82, 2.24) is 15.1 Å². The van der Waals surface area contributed by atoms with Crippen molar-refractivity contribution in [2.45, 2.75) is 32.7 Å². The largest absolute Gasteiger partial charge is 0.389 e. The first-order chi connectivity index (χ1) is 9.00. The molecular weight excluding hydrogens is 258 g/mol. The van der Waals surface area contributed by atoms with Crippen LogP contribution in [-0.2, 0) is 0 Å². The second kappa shape index (κ2) is 5.79. The summed E-state index contributed by atoms with van der Waals surface area (Å²) in [6, 6.07) is 0.544. The summed E-state index contributed by atoms with van der Waals surface area (Å²) in [5.41, 5.74) is 8.50. The fraction of sp³-hybridized carbons (Fsp3) is 0.615. The average Bonchev–Trinajstić information content (AvgIpc) is 2.76. The van der Waals surface area contributed by atoms with Gasteiger partial charge in [-0.05, 0) is 45.8 Å². The Morgan fingerprint density at radius 2 is 2.21 bits per heavy atom. The number of likely N-dealkylation sites (N-methyl/N-ethyl adjacent to an activating group) is 1. The van der Waals surface area contributed by atoms with Crippen molar-refractivity contribution in [2.75, 3.05) is 25.5 Å². The fourth-order valence-corrected chi connectivity index (χ4v) is 2.74. The molecule has 0 radical (unpaired) electrons. The molecule has 1 aliphatic rings. The third-order valence-corrected chi connectivity index (χ3v) is 4.08. The minimum Gasteiger partial charge on any atom is -0.389 e. The van der Waals surface area contributed by atoms with E-state index in [9.17, 15) is 0 Å². The fourth-order valence-electron chi connectivity index (χ4n) is 2.49. The Morgan fingerprint density at radius 3 is 2.79 bits per heavy atom. The van der Waals surface area contributed by atoms with E-state index in [1.54, 1.807) is 0 Å². The van der Waals surface area contributed by atoms with Crippen molar-refractivity contribution >= 4 is 23.0 Å². The maximum atomic E-state index is 5.81. The van der Waals surface area contributed by atoms with Crippen LogP contribution in [0.5, 0.6) is 0 Å². The number of likely N-dealkylation sites (tertiary alicyclic amines) is 1. The van der Waals surface area contributed by atoms with E-state index in [1.165, 1.54) is 12.8 Å². The molecule has 0 saturated carbocycles. The highest BCUT2D eigenvalue weighted by atomic mass is 32.1. The molecule has 1 aromatic heterocycles. The van der Waals surface area contributed by atoms with Gasteiger partial charge in [0.1, 0.15) is 4.99 Å². The summed E-state index contributed by atoms with van der Waals surface area (Å²) in [5.74, 6) is 0.705. The molecule has 19 heavy (non-hydrogen) atoms. The summed E-state index contributed by atoms with van der Waals surface area (Å²) < 4.78 is 0. The Morgan fingerprint density at radius 1 is 1.47 bits per heavy atom. The molecule has 1 saturated heterocycles. The molecule has 0 aromatic carbocycles. The van der Waals surface area contributed by atoms with Gasteiger partial charge in [-0.1, -0.05) is 12.2 Å². The van der Waals surface area contributed by atoms with Crippen LogP contribution < -0.4 is 11.1 Å². The van der Waals surface area contributed by atoms with Crippen LogP contribution in [-0.4, -0.2) is 46.3 Å². The summed E-state index contributed by atoms with van der Waals surface area (Å²) >= 11 is 5.13. The lowest BCUT2D eigenvalue weighted by Gasteiger charge is -2.21. The molecule has 1 fully saturated rings. The van der Waals surface area contributed by atoms with E-state index in [-0.39, 0.29) is 0 Å². The molecule has 1 aliphatic heterocycles. The van der Waals surface area contributed by atoms with E-state index in [0.29, 0.717) is 16.8 Å². The standard InChI is InChI=1S/C13H21N5S/c1-8-9(2)16-17-13(11(8)12(14)19)15-7-10-5-4-6-18(10)3/h10H,4-7H2,1-3H3,(H2,14,19)(H,15,17). The van der Waals surface area contributed by atoms with Crippen LogP contribution in [0.1, 0.15) is 29.7 Å². The highest BCUT2D eigenvalue weighted by Gasteiger charge is 2.21. The summed E-state index contributed by atoms with van der Waals surface area (Å²) in [6.07, 6.45) is 2.47. The SMILES string of the molecule is Cc1nnc(NCC2CCCN2C)c(C(N)=S)c1C. The Bertz CT molecular complexity index is 488. The van der Waals surface area contributed by atoms with Gasteiger partial charge in [-0.15, -0.1) is 5.10 Å². The van der Waals surface area contributed by atoms with Crippen molar-refractivity contribution in [3.63, 3.8) is 0 Å². The molecule has 104 valence electrons. The molecule has 6 heteroatoms. The number of nitrogens with two attached hydrogens (primary N) is 1. The lowest BCUT2D eigenvalue weighted by atomic mass is 10.1. The van der Waals surface area contributed by atoms with Gasteiger partial charge >= 0.3 is 0 Å². The van der Waals surface area contributed by atoms with E-state index >= 15 is 0 Å². The van der Waals surface area contributed by atoms with Crippen LogP contribution in [0.2, 0.25) is 0 Å². The highest BCUT2D eigenvalue weighted by molar-refractivity contribution is 7.80. The van der Waals surface area contributed by atoms with Crippen LogP contribution in [0.25, 0.3) is 0 Å². The van der Waals surface area contributed by atoms with Gasteiger partial charge in [0.25, 0.3) is 0 Å². The molecule has 1 unspecified atom stereocenters. The minimum atomic E-state index is 0.373. The zero-order chi connectivity index (χ0) is 14.0. The third-order valence-electron chi connectivity index (χ3n) is 3.88. The van der Waals surface area contributed by atoms with Crippen LogP contribution in [0.3, 0.4) is 0 Å². The molecule has 1 atom stereocenters. The van der Waals surface area contributed by atoms with Gasteiger partial charge in [-0.25, -0.2) is 0 Å². The molecule has 0 bridgehead atoms. The number of hydrogen-bond donors (Lipinski definition) is 2. The first kappa shape index (κ1) is 14.1. The average molecular weight is 279 g/mol. The minimum absolute atomic E-state index is 0.373. The smallest absolute Gasteiger partial charge is 0.159 e. The van der Waals surface area contributed by atoms with Gasteiger partial charge < -0.3 is 16.0 Å². The number of anilines is 1. The zero-order valence-electron chi connectivity index (χ0n) is 11.7. The Labute approximate surface area is 119 Å². The van der Waals surface area contributed by atoms with Crippen LogP contribution in [0.4, 0.5) is 5.82 Å². The van der Waals surface area contributed by atoms with E-state index in [2.05, 4.69) is 27.5 Å². The normalized spacial score (nSPS) is 19.6. The second-order valence-electron chi connectivity index (χ2n) is 5.16. The maximum Gasteiger partial charge on any atom is 0.159 e. The number of nitrogens with one attached hydrogen (secondary N) is 1. The van der Waals surface area contributed by atoms with E-state index in [0.717, 1.165) is 29.9 Å². The topological polar surface area (TPSA) is 67.1 Å². The summed E-state index contributed by atoms with van der Waals surface area (Å²) in [7, 11) is 2.15. The quantitative estimate of drug-likeness (QED) is 0.808. The van der Waals surface area contributed by atoms with Crippen LogP contribution in [0, 0.1) is 13.8 Å². The number of rotatable bonds is 4. The molecule has 5 nitrogen and oxygen atoms in total. The van der Waals surface area contributed by atoms with E-state index < -0.39 is 0 Å². The summed E-state index contributed by atoms with van der Waals surface area (Å²) in [5, 5.41) is 11.7. The first-order valence-electron chi connectivity index (χ1n) is 6.58. The number of aromatic nitrogens is 2. The number of aryl methyl sites for hydroxylation is 1. The molecule has 2 heterocycles. The number of hydrogen-bond acceptors (Lipinski definition) is 5. The van der Waals surface area contributed by atoms with Gasteiger partial charge in [0.05, 0.1) is 11.3 Å². The number of nitrogens with zero attached hydrogens (tertiary/aromatic N) is 3. The summed E-state index contributed by atoms with van der Waals surface area (Å²) in [4.78, 5) is 2.74. The highest BCUT2D eigenvalue weighted by Crippen LogP contribution is 2.20.